The lowest BCUT2D eigenvalue weighted by atomic mass is 10.0. The Labute approximate surface area is 207 Å². The Balaban J connectivity index is 2.21. The lowest BCUT2D eigenvalue weighted by molar-refractivity contribution is -0.141. The lowest BCUT2D eigenvalue weighted by Crippen LogP contribution is -2.58. The number of carbonyl (C=O) groups excluding carboxylic acids is 4. The number of nitrogens with zero attached hydrogens (tertiary/aromatic N) is 1. The molecule has 0 saturated carbocycles. The van der Waals surface area contributed by atoms with E-state index in [1.54, 1.807) is 6.07 Å². The van der Waals surface area contributed by atoms with Crippen LogP contribution in [0.3, 0.4) is 0 Å². The fraction of sp³-hybridized carbons (Fsp3) is 0.417. The van der Waals surface area contributed by atoms with E-state index in [0.717, 1.165) is 10.8 Å². The Hall–Kier alpha value is -4.06. The molecule has 2 aromatic rings. The quantitative estimate of drug-likeness (QED) is 0.227. The van der Waals surface area contributed by atoms with Crippen LogP contribution in [0.2, 0.25) is 0 Å². The summed E-state index contributed by atoms with van der Waals surface area (Å²) in [6.45, 7) is 4.86. The molecule has 36 heavy (non-hydrogen) atoms. The number of hydrogen-bond donors (Lipinski definition) is 6. The number of aliphatic hydroxyl groups is 1. The van der Waals surface area contributed by atoms with Crippen LogP contribution in [0, 0.1) is 5.92 Å². The molecule has 0 fully saturated rings. The summed E-state index contributed by atoms with van der Waals surface area (Å²) in [6, 6.07) is 4.68. The van der Waals surface area contributed by atoms with Crippen LogP contribution in [0.4, 0.5) is 0 Å². The van der Waals surface area contributed by atoms with Crippen molar-refractivity contribution < 1.29 is 34.2 Å². The zero-order valence-electron chi connectivity index (χ0n) is 20.2. The normalized spacial score (nSPS) is 14.4. The number of rotatable bonds is 12. The van der Waals surface area contributed by atoms with Crippen molar-refractivity contribution in [3.05, 3.63) is 42.2 Å². The number of fused-ring (bicyclic) bond motifs is 1. The highest BCUT2D eigenvalue weighted by atomic mass is 16.4. The Morgan fingerprint density at radius 2 is 1.56 bits per heavy atom. The van der Waals surface area contributed by atoms with Crippen molar-refractivity contribution in [1.29, 1.82) is 0 Å². The number of amides is 4. The molecule has 1 aromatic heterocycles. The molecule has 0 bridgehead atoms. The molecule has 0 aliphatic carbocycles. The van der Waals surface area contributed by atoms with Crippen LogP contribution in [0.25, 0.3) is 10.8 Å². The Kier molecular flexibility index (Phi) is 9.85. The highest BCUT2D eigenvalue weighted by Crippen LogP contribution is 2.14. The molecule has 0 aliphatic heterocycles. The van der Waals surface area contributed by atoms with Crippen molar-refractivity contribution in [1.82, 2.24) is 20.9 Å². The second-order valence-electron chi connectivity index (χ2n) is 8.86. The number of benzene rings is 1. The van der Waals surface area contributed by atoms with Crippen molar-refractivity contribution in [3.63, 3.8) is 0 Å². The standard InChI is InChI=1S/C24H31N5O7/c1-12(2)8-17(27-22(34)16-9-14-6-4-5-7-15(14)11-26-16)23(35)28-18(10-19(31)32)24(36)29-20(13(3)30)21(25)33/h4-7,9,11-13,17-18,20,30H,8,10H2,1-3H3,(H2,25,33)(H,27,34)(H,28,35)(H,29,36)(H,31,32)/t13-,17+,18+,20-/m1/s1. The number of pyridine rings is 1. The highest BCUT2D eigenvalue weighted by Gasteiger charge is 2.32. The first-order valence-electron chi connectivity index (χ1n) is 11.3. The molecule has 0 aliphatic rings. The van der Waals surface area contributed by atoms with Crippen molar-refractivity contribution in [3.8, 4) is 0 Å². The second kappa shape index (κ2) is 12.6. The summed E-state index contributed by atoms with van der Waals surface area (Å²) < 4.78 is 0. The van der Waals surface area contributed by atoms with Gasteiger partial charge in [-0.05, 0) is 30.7 Å². The van der Waals surface area contributed by atoms with E-state index in [4.69, 9.17) is 5.73 Å². The number of aliphatic carboxylic acids is 1. The molecule has 0 radical (unpaired) electrons. The van der Waals surface area contributed by atoms with E-state index in [2.05, 4.69) is 20.9 Å². The zero-order chi connectivity index (χ0) is 27.0. The summed E-state index contributed by atoms with van der Waals surface area (Å²) in [6.07, 6.45) is -0.441. The van der Waals surface area contributed by atoms with E-state index in [1.807, 2.05) is 38.1 Å². The minimum absolute atomic E-state index is 0.0492. The van der Waals surface area contributed by atoms with Crippen LogP contribution in [-0.2, 0) is 19.2 Å². The van der Waals surface area contributed by atoms with Crippen LogP contribution in [0.5, 0.6) is 0 Å². The zero-order valence-corrected chi connectivity index (χ0v) is 20.2. The van der Waals surface area contributed by atoms with E-state index < -0.39 is 60.2 Å². The maximum absolute atomic E-state index is 13.0. The van der Waals surface area contributed by atoms with E-state index in [-0.39, 0.29) is 18.0 Å². The van der Waals surface area contributed by atoms with Crippen LogP contribution in [-0.4, -0.2) is 69.0 Å². The van der Waals surface area contributed by atoms with E-state index in [0.29, 0.717) is 0 Å². The summed E-state index contributed by atoms with van der Waals surface area (Å²) in [4.78, 5) is 65.5. The van der Waals surface area contributed by atoms with E-state index in [9.17, 15) is 34.2 Å². The molecule has 0 unspecified atom stereocenters. The van der Waals surface area contributed by atoms with Gasteiger partial charge in [-0.2, -0.15) is 0 Å². The van der Waals surface area contributed by atoms with E-state index in [1.165, 1.54) is 13.1 Å². The molecule has 4 atom stereocenters. The van der Waals surface area contributed by atoms with Gasteiger partial charge in [-0.1, -0.05) is 38.1 Å². The van der Waals surface area contributed by atoms with Gasteiger partial charge < -0.3 is 31.9 Å². The van der Waals surface area contributed by atoms with Gasteiger partial charge in [0.15, 0.2) is 0 Å². The highest BCUT2D eigenvalue weighted by molar-refractivity contribution is 6.00. The molecule has 4 amide bonds. The first kappa shape index (κ1) is 28.2. The molecular weight excluding hydrogens is 470 g/mol. The van der Waals surface area contributed by atoms with Crippen molar-refractivity contribution >= 4 is 40.4 Å². The van der Waals surface area contributed by atoms with Crippen molar-refractivity contribution in [2.45, 2.75) is 57.8 Å². The van der Waals surface area contributed by atoms with Crippen LogP contribution < -0.4 is 21.7 Å². The summed E-state index contributed by atoms with van der Waals surface area (Å²) >= 11 is 0. The summed E-state index contributed by atoms with van der Waals surface area (Å²) in [5.41, 5.74) is 5.25. The largest absolute Gasteiger partial charge is 0.481 e. The fourth-order valence-corrected chi connectivity index (χ4v) is 3.48. The minimum Gasteiger partial charge on any atom is -0.481 e. The average molecular weight is 502 g/mol. The molecule has 7 N–H and O–H groups in total. The number of carbonyl (C=O) groups is 5. The first-order chi connectivity index (χ1) is 16.9. The number of aliphatic hydroxyl groups excluding tert-OH is 1. The first-order valence-corrected chi connectivity index (χ1v) is 11.3. The van der Waals surface area contributed by atoms with Crippen molar-refractivity contribution in [2.75, 3.05) is 0 Å². The SMILES string of the molecule is CC(C)C[C@H](NC(=O)c1cc2ccccc2cn1)C(=O)N[C@@H](CC(=O)O)C(=O)N[C@@H](C(N)=O)[C@@H](C)O. The molecule has 0 spiro atoms. The molecule has 12 nitrogen and oxygen atoms in total. The van der Waals surface area contributed by atoms with Gasteiger partial charge in [0.25, 0.3) is 5.91 Å². The number of aromatic nitrogens is 1. The maximum atomic E-state index is 13.0. The Morgan fingerprint density at radius 1 is 0.944 bits per heavy atom. The topological polar surface area (TPSA) is 201 Å². The number of primary amides is 1. The van der Waals surface area contributed by atoms with Gasteiger partial charge in [0.1, 0.15) is 23.8 Å². The third-order valence-electron chi connectivity index (χ3n) is 5.29. The lowest BCUT2D eigenvalue weighted by Gasteiger charge is -2.25. The van der Waals surface area contributed by atoms with Gasteiger partial charge in [-0.25, -0.2) is 0 Å². The summed E-state index contributed by atoms with van der Waals surface area (Å²) in [5, 5.41) is 27.6. The van der Waals surface area contributed by atoms with Crippen molar-refractivity contribution in [2.24, 2.45) is 11.7 Å². The maximum Gasteiger partial charge on any atom is 0.305 e. The number of nitrogens with two attached hydrogens (primary N) is 1. The van der Waals surface area contributed by atoms with Crippen LogP contribution in [0.15, 0.2) is 36.5 Å². The molecular formula is C24H31N5O7. The minimum atomic E-state index is -1.60. The molecule has 1 heterocycles. The van der Waals surface area contributed by atoms with Gasteiger partial charge in [-0.3, -0.25) is 29.0 Å². The fourth-order valence-electron chi connectivity index (χ4n) is 3.48. The number of nitrogens with one attached hydrogen (secondary N) is 3. The Bertz CT molecular complexity index is 1130. The van der Waals surface area contributed by atoms with Gasteiger partial charge in [0.05, 0.1) is 12.5 Å². The van der Waals surface area contributed by atoms with Gasteiger partial charge >= 0.3 is 5.97 Å². The summed E-state index contributed by atoms with van der Waals surface area (Å²) in [7, 11) is 0. The number of carboxylic acid groups (broad SMARTS) is 1. The van der Waals surface area contributed by atoms with Crippen LogP contribution >= 0.6 is 0 Å². The smallest absolute Gasteiger partial charge is 0.305 e. The number of hydrogen-bond acceptors (Lipinski definition) is 7. The third-order valence-corrected chi connectivity index (χ3v) is 5.29. The van der Waals surface area contributed by atoms with Gasteiger partial charge in [-0.15, -0.1) is 0 Å². The second-order valence-corrected chi connectivity index (χ2v) is 8.86. The van der Waals surface area contributed by atoms with E-state index >= 15 is 0 Å². The molecule has 0 saturated heterocycles. The predicted molar refractivity (Wildman–Crippen MR) is 129 cm³/mol. The third kappa shape index (κ3) is 8.01. The molecule has 1 aromatic carbocycles. The molecule has 2 rings (SSSR count). The monoisotopic (exact) mass is 501 g/mol. The predicted octanol–water partition coefficient (Wildman–Crippen LogP) is -0.310. The van der Waals surface area contributed by atoms with Gasteiger partial charge in [0, 0.05) is 11.6 Å². The number of carboxylic acids is 1. The molecule has 194 valence electrons. The Morgan fingerprint density at radius 3 is 2.11 bits per heavy atom. The van der Waals surface area contributed by atoms with Crippen LogP contribution in [0.1, 0.15) is 44.1 Å². The summed E-state index contributed by atoms with van der Waals surface area (Å²) in [5.74, 6) is -4.93. The molecule has 12 heteroatoms. The van der Waals surface area contributed by atoms with Gasteiger partial charge in [0.2, 0.25) is 17.7 Å². The average Bonchev–Trinajstić information content (AvgIpc) is 2.80.